The molecule has 0 saturated carbocycles. The first-order chi connectivity index (χ1) is 6.72. The number of hydrogen-bond acceptors (Lipinski definition) is 4. The molecule has 1 rings (SSSR count). The lowest BCUT2D eigenvalue weighted by Gasteiger charge is -1.99. The highest BCUT2D eigenvalue weighted by Crippen LogP contribution is 2.03. The summed E-state index contributed by atoms with van der Waals surface area (Å²) in [7, 11) is 0. The van der Waals surface area contributed by atoms with Crippen LogP contribution < -0.4 is 0 Å². The van der Waals surface area contributed by atoms with Gasteiger partial charge >= 0.3 is 0 Å². The van der Waals surface area contributed by atoms with Gasteiger partial charge in [-0.05, 0) is 12.0 Å². The van der Waals surface area contributed by atoms with Crippen molar-refractivity contribution in [2.24, 2.45) is 0 Å². The Labute approximate surface area is 80.4 Å². The summed E-state index contributed by atoms with van der Waals surface area (Å²) in [6.07, 6.45) is 1.21. The Morgan fingerprint density at radius 3 is 2.50 bits per heavy atom. The topological polar surface area (TPSA) is 69.4 Å². The highest BCUT2D eigenvalue weighted by atomic mass is 16.9. The maximum atomic E-state index is 10.3. The Bertz CT molecular complexity index is 320. The third kappa shape index (κ3) is 3.22. The first-order valence-corrected chi connectivity index (χ1v) is 4.04. The van der Waals surface area contributed by atoms with Crippen LogP contribution in [-0.2, 0) is 11.3 Å². The summed E-state index contributed by atoms with van der Waals surface area (Å²) in [4.78, 5) is 24.3. The number of carbonyl (C=O) groups is 1. The molecular formula is C9H9NO4. The lowest BCUT2D eigenvalue weighted by atomic mass is 10.1. The highest BCUT2D eigenvalue weighted by molar-refractivity contribution is 5.74. The maximum Gasteiger partial charge on any atom is 0.294 e. The lowest BCUT2D eigenvalue weighted by molar-refractivity contribution is -0.757. The Hall–Kier alpha value is -1.91. The molecule has 14 heavy (non-hydrogen) atoms. The van der Waals surface area contributed by atoms with Crippen LogP contribution in [0.5, 0.6) is 0 Å². The number of benzene rings is 1. The van der Waals surface area contributed by atoms with Gasteiger partial charge in [0.1, 0.15) is 12.9 Å². The van der Waals surface area contributed by atoms with E-state index in [0.29, 0.717) is 12.0 Å². The molecule has 5 heteroatoms. The molecule has 0 N–H and O–H groups in total. The van der Waals surface area contributed by atoms with Crippen molar-refractivity contribution in [3.05, 3.63) is 45.5 Å². The molecule has 0 radical (unpaired) electrons. The average molecular weight is 195 g/mol. The number of hydrogen-bond donors (Lipinski definition) is 0. The molecule has 0 atom stereocenters. The summed E-state index contributed by atoms with van der Waals surface area (Å²) in [5.41, 5.74) is 1.49. The van der Waals surface area contributed by atoms with Crippen molar-refractivity contribution in [2.75, 3.05) is 6.61 Å². The van der Waals surface area contributed by atoms with Crippen LogP contribution in [0.1, 0.15) is 15.9 Å². The number of nitrogens with zero attached hydrogens (tertiary/aromatic N) is 1. The second-order valence-electron chi connectivity index (χ2n) is 2.67. The molecule has 0 aliphatic carbocycles. The molecule has 0 saturated heterocycles. The maximum absolute atomic E-state index is 10.3. The third-order valence-electron chi connectivity index (χ3n) is 1.70. The minimum atomic E-state index is -0.820. The number of carbonyl (C=O) groups excluding carboxylic acids is 1. The zero-order valence-electron chi connectivity index (χ0n) is 7.38. The van der Waals surface area contributed by atoms with Crippen molar-refractivity contribution in [1.82, 2.24) is 0 Å². The molecule has 0 fully saturated rings. The normalized spacial score (nSPS) is 9.43. The molecule has 1 aromatic carbocycles. The van der Waals surface area contributed by atoms with E-state index in [-0.39, 0.29) is 6.61 Å². The van der Waals surface area contributed by atoms with Crippen LogP contribution in [-0.4, -0.2) is 18.0 Å². The molecule has 0 aliphatic rings. The smallest absolute Gasteiger partial charge is 0.294 e. The van der Waals surface area contributed by atoms with Crippen molar-refractivity contribution in [1.29, 1.82) is 0 Å². The van der Waals surface area contributed by atoms with Crippen LogP contribution in [0.4, 0.5) is 0 Å². The molecule has 0 spiro atoms. The Kier molecular flexibility index (Phi) is 3.60. The number of rotatable bonds is 5. The van der Waals surface area contributed by atoms with Crippen LogP contribution in [0, 0.1) is 10.1 Å². The van der Waals surface area contributed by atoms with E-state index in [1.165, 1.54) is 0 Å². The lowest BCUT2D eigenvalue weighted by Crippen LogP contribution is -2.04. The largest absolute Gasteiger partial charge is 0.314 e. The van der Waals surface area contributed by atoms with Gasteiger partial charge in [-0.1, -0.05) is 24.3 Å². The summed E-state index contributed by atoms with van der Waals surface area (Å²) in [5.74, 6) is 0. The molecule has 0 unspecified atom stereocenters. The van der Waals surface area contributed by atoms with E-state index >= 15 is 0 Å². The van der Waals surface area contributed by atoms with Crippen LogP contribution in [0.3, 0.4) is 0 Å². The standard InChI is InChI=1S/C9H9NO4/c11-7-9-3-1-8(2-4-9)5-6-14-10(12)13/h1-4,7H,5-6H2. The van der Waals surface area contributed by atoms with Crippen molar-refractivity contribution < 1.29 is 14.7 Å². The van der Waals surface area contributed by atoms with Gasteiger partial charge in [-0.15, -0.1) is 10.1 Å². The minimum absolute atomic E-state index is 0.0352. The van der Waals surface area contributed by atoms with E-state index < -0.39 is 5.09 Å². The van der Waals surface area contributed by atoms with E-state index in [9.17, 15) is 14.9 Å². The van der Waals surface area contributed by atoms with Crippen molar-refractivity contribution >= 4 is 6.29 Å². The van der Waals surface area contributed by atoms with E-state index in [1.54, 1.807) is 24.3 Å². The number of aldehydes is 1. The van der Waals surface area contributed by atoms with E-state index in [2.05, 4.69) is 4.84 Å². The highest BCUT2D eigenvalue weighted by Gasteiger charge is 1.97. The predicted octanol–water partition coefficient (Wildman–Crippen LogP) is 1.25. The van der Waals surface area contributed by atoms with Gasteiger partial charge in [0.15, 0.2) is 0 Å². The molecule has 74 valence electrons. The minimum Gasteiger partial charge on any atom is -0.314 e. The van der Waals surface area contributed by atoms with E-state index in [4.69, 9.17) is 0 Å². The van der Waals surface area contributed by atoms with E-state index in [0.717, 1.165) is 11.8 Å². The Balaban J connectivity index is 2.43. The van der Waals surface area contributed by atoms with Crippen molar-refractivity contribution in [3.8, 4) is 0 Å². The first-order valence-electron chi connectivity index (χ1n) is 4.04. The Morgan fingerprint density at radius 1 is 1.36 bits per heavy atom. The average Bonchev–Trinajstić information content (AvgIpc) is 2.18. The van der Waals surface area contributed by atoms with Gasteiger partial charge in [0.25, 0.3) is 5.09 Å². The molecule has 0 bridgehead atoms. The summed E-state index contributed by atoms with van der Waals surface area (Å²) in [5, 5.41) is 9.01. The molecule has 0 aliphatic heterocycles. The molecule has 0 heterocycles. The van der Waals surface area contributed by atoms with Crippen LogP contribution in [0.15, 0.2) is 24.3 Å². The van der Waals surface area contributed by atoms with Crippen molar-refractivity contribution in [3.63, 3.8) is 0 Å². The fraction of sp³-hybridized carbons (Fsp3) is 0.222. The van der Waals surface area contributed by atoms with Gasteiger partial charge in [-0.2, -0.15) is 0 Å². The van der Waals surface area contributed by atoms with Gasteiger partial charge in [0.2, 0.25) is 0 Å². The first kappa shape index (κ1) is 10.2. The zero-order valence-corrected chi connectivity index (χ0v) is 7.38. The molecule has 1 aromatic rings. The fourth-order valence-electron chi connectivity index (χ4n) is 1.00. The van der Waals surface area contributed by atoms with Crippen LogP contribution in [0.2, 0.25) is 0 Å². The molecule has 5 nitrogen and oxygen atoms in total. The van der Waals surface area contributed by atoms with Gasteiger partial charge in [0, 0.05) is 5.56 Å². The molecule has 0 amide bonds. The summed E-state index contributed by atoms with van der Waals surface area (Å²) >= 11 is 0. The third-order valence-corrected chi connectivity index (χ3v) is 1.70. The Morgan fingerprint density at radius 2 is 2.00 bits per heavy atom. The van der Waals surface area contributed by atoms with Crippen LogP contribution >= 0.6 is 0 Å². The summed E-state index contributed by atoms with van der Waals surface area (Å²) < 4.78 is 0. The fourth-order valence-corrected chi connectivity index (χ4v) is 1.00. The quantitative estimate of drug-likeness (QED) is 0.402. The summed E-state index contributed by atoms with van der Waals surface area (Å²) in [6.45, 7) is 0.0352. The van der Waals surface area contributed by atoms with Gasteiger partial charge < -0.3 is 4.84 Å². The van der Waals surface area contributed by atoms with Gasteiger partial charge in [-0.25, -0.2) is 0 Å². The molecule has 0 aromatic heterocycles. The summed E-state index contributed by atoms with van der Waals surface area (Å²) in [6, 6.07) is 6.81. The second-order valence-corrected chi connectivity index (χ2v) is 2.67. The van der Waals surface area contributed by atoms with Gasteiger partial charge in [0.05, 0.1) is 0 Å². The predicted molar refractivity (Wildman–Crippen MR) is 48.5 cm³/mol. The zero-order chi connectivity index (χ0) is 10.4. The van der Waals surface area contributed by atoms with Crippen molar-refractivity contribution in [2.45, 2.75) is 6.42 Å². The monoisotopic (exact) mass is 195 g/mol. The molecular weight excluding hydrogens is 186 g/mol. The van der Waals surface area contributed by atoms with E-state index in [1.807, 2.05) is 0 Å². The second kappa shape index (κ2) is 4.96. The van der Waals surface area contributed by atoms with Crippen LogP contribution in [0.25, 0.3) is 0 Å². The SMILES string of the molecule is O=Cc1ccc(CCO[N+](=O)[O-])cc1. The van der Waals surface area contributed by atoms with Gasteiger partial charge in [-0.3, -0.25) is 4.79 Å².